The zero-order chi connectivity index (χ0) is 25.2. The van der Waals surface area contributed by atoms with Gasteiger partial charge >= 0.3 is 0 Å². The highest BCUT2D eigenvalue weighted by molar-refractivity contribution is 6.30. The third kappa shape index (κ3) is 3.65. The summed E-state index contributed by atoms with van der Waals surface area (Å²) in [6, 6.07) is 6.07. The first-order valence-corrected chi connectivity index (χ1v) is 11.4. The Balaban J connectivity index is 1.64. The van der Waals surface area contributed by atoms with Gasteiger partial charge in [0.05, 0.1) is 41.6 Å². The third-order valence-electron chi connectivity index (χ3n) is 7.14. The van der Waals surface area contributed by atoms with E-state index < -0.39 is 66.0 Å². The summed E-state index contributed by atoms with van der Waals surface area (Å²) >= 11 is 0. The highest BCUT2D eigenvalue weighted by atomic mass is 16.7. The lowest BCUT2D eigenvalue weighted by molar-refractivity contribution is -0.267. The van der Waals surface area contributed by atoms with Gasteiger partial charge in [-0.25, -0.2) is 0 Å². The van der Waals surface area contributed by atoms with Crippen molar-refractivity contribution in [1.82, 2.24) is 0 Å². The summed E-state index contributed by atoms with van der Waals surface area (Å²) in [5, 5.41) is 63.3. The number of hydrogen-bond acceptors (Lipinski definition) is 10. The summed E-state index contributed by atoms with van der Waals surface area (Å²) in [7, 11) is 0. The molecule has 2 aromatic carbocycles. The normalized spacial score (nSPS) is 32.1. The van der Waals surface area contributed by atoms with Crippen molar-refractivity contribution in [2.24, 2.45) is 0 Å². The zero-order valence-electron chi connectivity index (χ0n) is 18.8. The first-order valence-electron chi connectivity index (χ1n) is 11.4. The quantitative estimate of drug-likeness (QED) is 0.285. The Labute approximate surface area is 200 Å². The predicted octanol–water partition coefficient (Wildman–Crippen LogP) is 0.457. The minimum absolute atomic E-state index is 0.00299. The second-order valence-electron chi connectivity index (χ2n) is 9.50. The van der Waals surface area contributed by atoms with Crippen LogP contribution in [-0.4, -0.2) is 79.0 Å². The molecule has 0 radical (unpaired) electrons. The molecule has 6 atom stereocenters. The number of ether oxygens (including phenoxy) is 2. The fourth-order valence-corrected chi connectivity index (χ4v) is 5.29. The van der Waals surface area contributed by atoms with Crippen LogP contribution >= 0.6 is 0 Å². The Hall–Kier alpha value is -2.86. The smallest absolute Gasteiger partial charge is 0.198 e. The molecule has 35 heavy (non-hydrogen) atoms. The van der Waals surface area contributed by atoms with Gasteiger partial charge in [0.25, 0.3) is 0 Å². The van der Waals surface area contributed by atoms with Crippen molar-refractivity contribution in [2.75, 3.05) is 6.61 Å². The van der Waals surface area contributed by atoms with Gasteiger partial charge in [0, 0.05) is 41.5 Å². The molecule has 1 fully saturated rings. The molecule has 1 aliphatic heterocycles. The Morgan fingerprint density at radius 2 is 1.66 bits per heavy atom. The molecule has 2 aliphatic carbocycles. The number of ketones is 2. The molecule has 0 amide bonds. The Bertz CT molecular complexity index is 1210. The molecule has 5 rings (SSSR count). The molecule has 1 heterocycles. The van der Waals surface area contributed by atoms with E-state index >= 15 is 0 Å². The Morgan fingerprint density at radius 1 is 1.06 bits per heavy atom. The van der Waals surface area contributed by atoms with Gasteiger partial charge in [-0.15, -0.1) is 0 Å². The van der Waals surface area contributed by atoms with Crippen molar-refractivity contribution in [3.63, 3.8) is 0 Å². The lowest BCUT2D eigenvalue weighted by atomic mass is 9.73. The van der Waals surface area contributed by atoms with Crippen LogP contribution in [-0.2, 0) is 15.9 Å². The number of rotatable bonds is 3. The van der Waals surface area contributed by atoms with Gasteiger partial charge in [-0.3, -0.25) is 9.59 Å². The molecule has 0 saturated carbocycles. The first-order chi connectivity index (χ1) is 16.6. The molecule has 3 aliphatic rings. The number of fused-ring (bicyclic) bond motifs is 3. The van der Waals surface area contributed by atoms with Crippen LogP contribution in [0.25, 0.3) is 0 Å². The van der Waals surface area contributed by atoms with Crippen molar-refractivity contribution in [3.05, 3.63) is 57.6 Å². The number of hydrogen-bond donors (Lipinski definition) is 6. The van der Waals surface area contributed by atoms with Crippen molar-refractivity contribution in [1.29, 1.82) is 0 Å². The largest absolute Gasteiger partial charge is 0.507 e. The van der Waals surface area contributed by atoms with Gasteiger partial charge in [0.1, 0.15) is 17.6 Å². The number of benzene rings is 2. The fourth-order valence-electron chi connectivity index (χ4n) is 5.29. The van der Waals surface area contributed by atoms with Gasteiger partial charge in [-0.1, -0.05) is 24.3 Å². The van der Waals surface area contributed by atoms with Crippen LogP contribution in [0.2, 0.25) is 0 Å². The number of phenolic OH excluding ortho intramolecular Hbond substituents is 2. The summed E-state index contributed by atoms with van der Waals surface area (Å²) in [5.74, 6) is -2.43. The van der Waals surface area contributed by atoms with Crippen LogP contribution < -0.4 is 0 Å². The molecule has 0 bridgehead atoms. The van der Waals surface area contributed by atoms with Gasteiger partial charge in [0.15, 0.2) is 17.9 Å². The highest BCUT2D eigenvalue weighted by Crippen LogP contribution is 2.51. The first kappa shape index (κ1) is 23.9. The fraction of sp³-hybridized carbons (Fsp3) is 0.440. The van der Waals surface area contributed by atoms with E-state index in [9.17, 15) is 40.2 Å². The molecule has 10 heteroatoms. The van der Waals surface area contributed by atoms with E-state index in [0.717, 1.165) is 0 Å². The van der Waals surface area contributed by atoms with Gasteiger partial charge in [-0.05, 0) is 6.92 Å². The molecule has 6 N–H and O–H groups in total. The highest BCUT2D eigenvalue weighted by Gasteiger charge is 2.47. The number of phenols is 2. The lowest BCUT2D eigenvalue weighted by Gasteiger charge is -2.42. The van der Waals surface area contributed by atoms with E-state index in [4.69, 9.17) is 9.47 Å². The van der Waals surface area contributed by atoms with Crippen LogP contribution in [0, 0.1) is 0 Å². The molecule has 186 valence electrons. The van der Waals surface area contributed by atoms with Crippen molar-refractivity contribution in [3.8, 4) is 11.5 Å². The van der Waals surface area contributed by atoms with Crippen LogP contribution in [0.15, 0.2) is 24.3 Å². The number of aliphatic hydroxyl groups excluding tert-OH is 3. The second kappa shape index (κ2) is 8.37. The van der Waals surface area contributed by atoms with Crippen molar-refractivity contribution < 1.29 is 49.7 Å². The molecule has 0 spiro atoms. The van der Waals surface area contributed by atoms with Crippen LogP contribution in [0.4, 0.5) is 0 Å². The van der Waals surface area contributed by atoms with Crippen molar-refractivity contribution >= 4 is 11.6 Å². The van der Waals surface area contributed by atoms with E-state index in [1.165, 1.54) is 12.1 Å². The van der Waals surface area contributed by atoms with Crippen LogP contribution in [0.5, 0.6) is 11.5 Å². The van der Waals surface area contributed by atoms with E-state index in [1.54, 1.807) is 19.1 Å². The number of carbonyl (C=O) groups excluding carboxylic acids is 2. The molecule has 1 saturated heterocycles. The Kier molecular flexibility index (Phi) is 5.71. The molecular formula is C25H26O10. The third-order valence-corrected chi connectivity index (χ3v) is 7.14. The molecule has 10 nitrogen and oxygen atoms in total. The summed E-state index contributed by atoms with van der Waals surface area (Å²) in [5.41, 5.74) is -2.36. The number of carbonyl (C=O) groups is 2. The average Bonchev–Trinajstić information content (AvgIpc) is 2.83. The predicted molar refractivity (Wildman–Crippen MR) is 118 cm³/mol. The van der Waals surface area contributed by atoms with Gasteiger partial charge in [0.2, 0.25) is 0 Å². The van der Waals surface area contributed by atoms with Gasteiger partial charge < -0.3 is 40.1 Å². The monoisotopic (exact) mass is 486 g/mol. The van der Waals surface area contributed by atoms with E-state index in [1.807, 2.05) is 0 Å². The zero-order valence-corrected chi connectivity index (χ0v) is 18.8. The number of aromatic hydroxyl groups is 2. The molecule has 2 aromatic rings. The molecule has 0 aromatic heterocycles. The summed E-state index contributed by atoms with van der Waals surface area (Å²) < 4.78 is 11.6. The SMILES string of the molecule is CC1OC(OC2CC(O)(CO)Cc3c(O)c4c(c(O)c32)C(=O)c2ccccc2C4=O)CC(O)C1O. The van der Waals surface area contributed by atoms with E-state index in [0.29, 0.717) is 0 Å². The number of aliphatic hydroxyl groups is 4. The summed E-state index contributed by atoms with van der Waals surface area (Å²) in [6.45, 7) is 0.840. The van der Waals surface area contributed by atoms with E-state index in [2.05, 4.69) is 0 Å². The van der Waals surface area contributed by atoms with Crippen LogP contribution in [0.3, 0.4) is 0 Å². The topological polar surface area (TPSA) is 174 Å². The minimum Gasteiger partial charge on any atom is -0.507 e. The minimum atomic E-state index is -1.77. The van der Waals surface area contributed by atoms with E-state index in [-0.39, 0.29) is 52.6 Å². The maximum absolute atomic E-state index is 13.3. The average molecular weight is 486 g/mol. The standard InChI is InChI=1S/C25H26O10/c1-10-20(28)14(27)6-16(34-10)35-15-8-25(33,9-26)7-13-17(15)24(32)19-18(23(13)31)21(29)11-4-2-3-5-12(11)22(19)30/h2-5,10,14-16,20,26-28,31-33H,6-9H2,1H3. The van der Waals surface area contributed by atoms with Crippen LogP contribution in [0.1, 0.15) is 68.8 Å². The summed E-state index contributed by atoms with van der Waals surface area (Å²) in [4.78, 5) is 26.5. The maximum Gasteiger partial charge on any atom is 0.198 e. The molecule has 6 unspecified atom stereocenters. The lowest BCUT2D eigenvalue weighted by Crippen LogP contribution is -2.49. The van der Waals surface area contributed by atoms with Gasteiger partial charge in [-0.2, -0.15) is 0 Å². The molecular weight excluding hydrogens is 460 g/mol. The second-order valence-corrected chi connectivity index (χ2v) is 9.50. The summed E-state index contributed by atoms with van der Waals surface area (Å²) in [6.07, 6.45) is -5.93. The maximum atomic E-state index is 13.3. The van der Waals surface area contributed by atoms with Crippen molar-refractivity contribution in [2.45, 2.75) is 62.5 Å². The Morgan fingerprint density at radius 3 is 2.23 bits per heavy atom.